The maximum absolute atomic E-state index is 9.98. The molecular weight excluding hydrogens is 346 g/mol. The summed E-state index contributed by atoms with van der Waals surface area (Å²) in [6, 6.07) is 13.1. The molecule has 0 saturated carbocycles. The molecule has 0 spiro atoms. The highest BCUT2D eigenvalue weighted by molar-refractivity contribution is 5.54. The third-order valence-corrected chi connectivity index (χ3v) is 4.19. The Balaban J connectivity index is 1.59. The first-order chi connectivity index (χ1) is 13.1. The molecule has 142 valence electrons. The Morgan fingerprint density at radius 1 is 1.07 bits per heavy atom. The van der Waals surface area contributed by atoms with Crippen LogP contribution in [0.3, 0.4) is 0 Å². The largest absolute Gasteiger partial charge is 0.507 e. The molecule has 0 aliphatic carbocycles. The summed E-state index contributed by atoms with van der Waals surface area (Å²) < 4.78 is 11.5. The third kappa shape index (κ3) is 4.87. The van der Waals surface area contributed by atoms with Crippen molar-refractivity contribution in [3.63, 3.8) is 0 Å². The first-order valence-corrected chi connectivity index (χ1v) is 8.70. The van der Waals surface area contributed by atoms with E-state index in [1.807, 2.05) is 38.1 Å². The van der Waals surface area contributed by atoms with Crippen molar-refractivity contribution in [2.45, 2.75) is 26.9 Å². The highest BCUT2D eigenvalue weighted by atomic mass is 17.2. The van der Waals surface area contributed by atoms with E-state index >= 15 is 0 Å². The van der Waals surface area contributed by atoms with Crippen LogP contribution in [0.2, 0.25) is 0 Å². The van der Waals surface area contributed by atoms with E-state index in [0.29, 0.717) is 30.2 Å². The topological polar surface area (TPSA) is 74.0 Å². The van der Waals surface area contributed by atoms with Gasteiger partial charge in [-0.1, -0.05) is 17.7 Å². The molecule has 0 fully saturated rings. The van der Waals surface area contributed by atoms with Crippen molar-refractivity contribution in [2.75, 3.05) is 13.7 Å². The number of hydrogen-bond donors (Lipinski definition) is 1. The average Bonchev–Trinajstić information content (AvgIpc) is 3.02. The van der Waals surface area contributed by atoms with Gasteiger partial charge in [0.05, 0.1) is 19.4 Å². The summed E-state index contributed by atoms with van der Waals surface area (Å²) in [5.41, 5.74) is 3.63. The number of phenols is 1. The van der Waals surface area contributed by atoms with Gasteiger partial charge >= 0.3 is 0 Å². The van der Waals surface area contributed by atoms with Gasteiger partial charge in [-0.05, 0) is 38.1 Å². The van der Waals surface area contributed by atoms with Gasteiger partial charge in [-0.15, -0.1) is 0 Å². The van der Waals surface area contributed by atoms with E-state index in [2.05, 4.69) is 9.87 Å². The molecular formula is C21H23NO5. The number of aromatic hydroxyl groups is 1. The summed E-state index contributed by atoms with van der Waals surface area (Å²) >= 11 is 0. The van der Waals surface area contributed by atoms with E-state index < -0.39 is 0 Å². The van der Waals surface area contributed by atoms with Crippen molar-refractivity contribution in [2.24, 2.45) is 0 Å². The van der Waals surface area contributed by atoms with Crippen LogP contribution in [0.25, 0.3) is 11.5 Å². The standard InChI is InChI=1S/C21H23NO5/c1-14-4-6-16(7-5-14)21-22-19(15(2)27-21)10-11-25-18-9-8-17(13-26-24-3)20(23)12-18/h4-9,12,23H,10-11,13H2,1-3H3. The van der Waals surface area contributed by atoms with Crippen molar-refractivity contribution < 1.29 is 24.0 Å². The van der Waals surface area contributed by atoms with Gasteiger partial charge < -0.3 is 14.3 Å². The lowest BCUT2D eigenvalue weighted by Gasteiger charge is -2.08. The van der Waals surface area contributed by atoms with Gasteiger partial charge in [0.25, 0.3) is 0 Å². The van der Waals surface area contributed by atoms with Gasteiger partial charge in [-0.25, -0.2) is 14.8 Å². The summed E-state index contributed by atoms with van der Waals surface area (Å²) in [4.78, 5) is 13.9. The van der Waals surface area contributed by atoms with Crippen LogP contribution in [-0.2, 0) is 22.8 Å². The molecule has 0 aliphatic heterocycles. The van der Waals surface area contributed by atoms with Crippen LogP contribution >= 0.6 is 0 Å². The van der Waals surface area contributed by atoms with E-state index in [1.54, 1.807) is 18.2 Å². The lowest BCUT2D eigenvalue weighted by Crippen LogP contribution is -2.03. The number of aromatic nitrogens is 1. The minimum absolute atomic E-state index is 0.101. The van der Waals surface area contributed by atoms with Crippen LogP contribution in [0.4, 0.5) is 0 Å². The van der Waals surface area contributed by atoms with Gasteiger partial charge in [-0.2, -0.15) is 0 Å². The first-order valence-electron chi connectivity index (χ1n) is 8.70. The fourth-order valence-corrected chi connectivity index (χ4v) is 2.62. The van der Waals surface area contributed by atoms with Crippen LogP contribution in [0.15, 0.2) is 46.9 Å². The molecule has 0 radical (unpaired) electrons. The van der Waals surface area contributed by atoms with Gasteiger partial charge in [0, 0.05) is 23.6 Å². The molecule has 3 aromatic rings. The predicted octanol–water partition coefficient (Wildman–Crippen LogP) is 4.36. The van der Waals surface area contributed by atoms with Crippen LogP contribution < -0.4 is 4.74 Å². The van der Waals surface area contributed by atoms with E-state index in [4.69, 9.17) is 14.0 Å². The number of nitrogens with zero attached hydrogens (tertiary/aromatic N) is 1. The molecule has 2 aromatic carbocycles. The molecule has 0 saturated heterocycles. The zero-order chi connectivity index (χ0) is 19.2. The van der Waals surface area contributed by atoms with Crippen LogP contribution in [0, 0.1) is 13.8 Å². The van der Waals surface area contributed by atoms with Gasteiger partial charge in [0.2, 0.25) is 5.89 Å². The zero-order valence-corrected chi connectivity index (χ0v) is 15.7. The monoisotopic (exact) mass is 369 g/mol. The maximum atomic E-state index is 9.98. The predicted molar refractivity (Wildman–Crippen MR) is 101 cm³/mol. The Morgan fingerprint density at radius 2 is 1.85 bits per heavy atom. The summed E-state index contributed by atoms with van der Waals surface area (Å²) in [5.74, 6) is 2.07. The van der Waals surface area contributed by atoms with Crippen molar-refractivity contribution in [1.82, 2.24) is 4.98 Å². The van der Waals surface area contributed by atoms with Gasteiger partial charge in [-0.3, -0.25) is 0 Å². The summed E-state index contributed by atoms with van der Waals surface area (Å²) in [6.07, 6.45) is 0.608. The molecule has 1 heterocycles. The second-order valence-corrected chi connectivity index (χ2v) is 6.21. The van der Waals surface area contributed by atoms with Crippen LogP contribution in [0.1, 0.15) is 22.6 Å². The Bertz CT molecular complexity index is 886. The molecule has 0 amide bonds. The lowest BCUT2D eigenvalue weighted by molar-refractivity contribution is -0.282. The fraction of sp³-hybridized carbons (Fsp3) is 0.286. The lowest BCUT2D eigenvalue weighted by atomic mass is 10.1. The smallest absolute Gasteiger partial charge is 0.226 e. The normalized spacial score (nSPS) is 10.9. The number of aryl methyl sites for hydroxylation is 2. The van der Waals surface area contributed by atoms with E-state index in [1.165, 1.54) is 12.7 Å². The third-order valence-electron chi connectivity index (χ3n) is 4.19. The van der Waals surface area contributed by atoms with Crippen LogP contribution in [-0.4, -0.2) is 23.8 Å². The first kappa shape index (κ1) is 18.9. The molecule has 0 unspecified atom stereocenters. The maximum Gasteiger partial charge on any atom is 0.226 e. The minimum Gasteiger partial charge on any atom is -0.507 e. The Kier molecular flexibility index (Phi) is 6.11. The van der Waals surface area contributed by atoms with Crippen molar-refractivity contribution in [3.8, 4) is 23.0 Å². The number of phenolic OH excluding ortho intramolecular Hbond substituents is 1. The second-order valence-electron chi connectivity index (χ2n) is 6.21. The van der Waals surface area contributed by atoms with Crippen molar-refractivity contribution in [1.29, 1.82) is 0 Å². The Labute approximate surface area is 158 Å². The van der Waals surface area contributed by atoms with Gasteiger partial charge in [0.1, 0.15) is 23.9 Å². The number of ether oxygens (including phenoxy) is 1. The number of rotatable bonds is 8. The Hall–Kier alpha value is -2.83. The molecule has 0 aliphatic rings. The van der Waals surface area contributed by atoms with Crippen molar-refractivity contribution >= 4 is 0 Å². The van der Waals surface area contributed by atoms with E-state index in [9.17, 15) is 5.11 Å². The quantitative estimate of drug-likeness (QED) is 0.470. The summed E-state index contributed by atoms with van der Waals surface area (Å²) in [5, 5.41) is 9.98. The number of benzene rings is 2. The molecule has 27 heavy (non-hydrogen) atoms. The molecule has 1 aromatic heterocycles. The minimum atomic E-state index is 0.101. The SMILES string of the molecule is COOCc1ccc(OCCc2nc(-c3ccc(C)cc3)oc2C)cc1O. The molecule has 6 heteroatoms. The molecule has 3 rings (SSSR count). The molecule has 0 bridgehead atoms. The average molecular weight is 369 g/mol. The molecule has 1 N–H and O–H groups in total. The summed E-state index contributed by atoms with van der Waals surface area (Å²) in [6.45, 7) is 4.54. The highest BCUT2D eigenvalue weighted by Gasteiger charge is 2.12. The molecule has 6 nitrogen and oxygen atoms in total. The van der Waals surface area contributed by atoms with Gasteiger partial charge in [0.15, 0.2) is 0 Å². The summed E-state index contributed by atoms with van der Waals surface area (Å²) in [7, 11) is 1.42. The van der Waals surface area contributed by atoms with Crippen LogP contribution in [0.5, 0.6) is 11.5 Å². The fourth-order valence-electron chi connectivity index (χ4n) is 2.62. The number of hydrogen-bond acceptors (Lipinski definition) is 6. The highest BCUT2D eigenvalue weighted by Crippen LogP contribution is 2.25. The van der Waals surface area contributed by atoms with E-state index in [-0.39, 0.29) is 12.4 Å². The van der Waals surface area contributed by atoms with Crippen molar-refractivity contribution in [3.05, 3.63) is 65.0 Å². The molecule has 0 atom stereocenters. The number of oxazole rings is 1. The second kappa shape index (κ2) is 8.70. The zero-order valence-electron chi connectivity index (χ0n) is 15.7. The van der Waals surface area contributed by atoms with E-state index in [0.717, 1.165) is 17.0 Å². The Morgan fingerprint density at radius 3 is 2.56 bits per heavy atom.